The Kier molecular flexibility index (Phi) is 6.65. The monoisotopic (exact) mass is 394 g/mol. The van der Waals surface area contributed by atoms with Crippen molar-refractivity contribution in [3.8, 4) is 0 Å². The van der Waals surface area contributed by atoms with Crippen molar-refractivity contribution in [3.05, 3.63) is 65.2 Å². The second-order valence-corrected chi connectivity index (χ2v) is 7.20. The number of anilines is 1. The van der Waals surface area contributed by atoms with Crippen LogP contribution in [0.25, 0.3) is 0 Å². The molecule has 2 amide bonds. The van der Waals surface area contributed by atoms with E-state index >= 15 is 0 Å². The molecule has 1 heterocycles. The van der Waals surface area contributed by atoms with Gasteiger partial charge in [0.15, 0.2) is 6.61 Å². The molecule has 0 radical (unpaired) electrons. The third-order valence-corrected chi connectivity index (χ3v) is 5.20. The Morgan fingerprint density at radius 1 is 1.10 bits per heavy atom. The van der Waals surface area contributed by atoms with E-state index in [2.05, 4.69) is 5.32 Å². The van der Waals surface area contributed by atoms with Crippen LogP contribution in [0.2, 0.25) is 0 Å². The average molecular weight is 394 g/mol. The number of ether oxygens (including phenoxy) is 1. The van der Waals surface area contributed by atoms with Gasteiger partial charge in [-0.05, 0) is 36.1 Å². The molecule has 0 spiro atoms. The normalized spacial score (nSPS) is 16.0. The van der Waals surface area contributed by atoms with Crippen molar-refractivity contribution < 1.29 is 19.1 Å². The van der Waals surface area contributed by atoms with Gasteiger partial charge in [0.2, 0.25) is 5.91 Å². The van der Waals surface area contributed by atoms with E-state index in [9.17, 15) is 14.4 Å². The third-order valence-electron chi connectivity index (χ3n) is 5.20. The molecule has 6 heteroatoms. The molecule has 2 aromatic carbocycles. The number of benzene rings is 2. The van der Waals surface area contributed by atoms with Crippen LogP contribution in [-0.4, -0.2) is 30.9 Å². The maximum absolute atomic E-state index is 12.4. The molecule has 3 rings (SSSR count). The highest BCUT2D eigenvalue weighted by Crippen LogP contribution is 2.29. The summed E-state index contributed by atoms with van der Waals surface area (Å²) < 4.78 is 5.17. The van der Waals surface area contributed by atoms with Crippen LogP contribution in [0.4, 0.5) is 5.69 Å². The summed E-state index contributed by atoms with van der Waals surface area (Å²) in [6.07, 6.45) is 0.901. The number of amides is 2. The summed E-state index contributed by atoms with van der Waals surface area (Å²) in [5.41, 5.74) is 4.00. The first kappa shape index (κ1) is 20.6. The van der Waals surface area contributed by atoms with Crippen LogP contribution in [0.15, 0.2) is 48.5 Å². The van der Waals surface area contributed by atoms with Gasteiger partial charge in [-0.1, -0.05) is 49.4 Å². The lowest BCUT2D eigenvalue weighted by Gasteiger charge is -2.19. The molecule has 152 valence electrons. The van der Waals surface area contributed by atoms with Crippen LogP contribution in [-0.2, 0) is 32.1 Å². The van der Waals surface area contributed by atoms with Gasteiger partial charge in [0.25, 0.3) is 5.91 Å². The second kappa shape index (κ2) is 9.37. The maximum atomic E-state index is 12.4. The highest BCUT2D eigenvalue weighted by Gasteiger charge is 2.36. The average Bonchev–Trinajstić information content (AvgIpc) is 3.12. The first-order valence-corrected chi connectivity index (χ1v) is 9.85. The number of nitrogens with zero attached hydrogens (tertiary/aromatic N) is 1. The molecule has 1 fully saturated rings. The van der Waals surface area contributed by atoms with E-state index in [1.807, 2.05) is 62.4 Å². The smallest absolute Gasteiger partial charge is 0.311 e. The first-order valence-electron chi connectivity index (χ1n) is 9.85. The van der Waals surface area contributed by atoms with Gasteiger partial charge in [0, 0.05) is 25.2 Å². The van der Waals surface area contributed by atoms with Gasteiger partial charge in [-0.15, -0.1) is 0 Å². The molecule has 1 aliphatic heterocycles. The summed E-state index contributed by atoms with van der Waals surface area (Å²) in [5, 5.41) is 2.75. The Morgan fingerprint density at radius 3 is 2.52 bits per heavy atom. The minimum Gasteiger partial charge on any atom is -0.455 e. The molecule has 1 aliphatic rings. The molecule has 0 aromatic heterocycles. The lowest BCUT2D eigenvalue weighted by molar-refractivity contribution is -0.152. The van der Waals surface area contributed by atoms with Crippen LogP contribution in [0.1, 0.15) is 30.0 Å². The van der Waals surface area contributed by atoms with Crippen molar-refractivity contribution in [3.63, 3.8) is 0 Å². The summed E-state index contributed by atoms with van der Waals surface area (Å²) in [7, 11) is 0. The molecule has 0 unspecified atom stereocenters. The zero-order valence-electron chi connectivity index (χ0n) is 16.8. The lowest BCUT2D eigenvalue weighted by atomic mass is 10.1. The van der Waals surface area contributed by atoms with Crippen LogP contribution in [0.3, 0.4) is 0 Å². The molecule has 0 aliphatic carbocycles. The largest absolute Gasteiger partial charge is 0.455 e. The molecule has 1 atom stereocenters. The number of hydrogen-bond acceptors (Lipinski definition) is 4. The third kappa shape index (κ3) is 5.02. The number of para-hydroxylation sites is 1. The predicted octanol–water partition coefficient (Wildman–Crippen LogP) is 2.77. The molecular weight excluding hydrogens is 368 g/mol. The number of esters is 1. The van der Waals surface area contributed by atoms with Crippen LogP contribution < -0.4 is 10.2 Å². The fourth-order valence-corrected chi connectivity index (χ4v) is 3.48. The Morgan fingerprint density at radius 2 is 1.79 bits per heavy atom. The number of rotatable bonds is 7. The SMILES string of the molecule is CCc1ccccc1N1C[C@H](C(=O)OCC(=O)NCc2ccccc2C)CC1=O. The molecule has 6 nitrogen and oxygen atoms in total. The number of hydrogen-bond donors (Lipinski definition) is 1. The minimum atomic E-state index is -0.559. The lowest BCUT2D eigenvalue weighted by Crippen LogP contribution is -2.31. The zero-order chi connectivity index (χ0) is 20.8. The van der Waals surface area contributed by atoms with Gasteiger partial charge in [-0.2, -0.15) is 0 Å². The van der Waals surface area contributed by atoms with Gasteiger partial charge in [-0.25, -0.2) is 0 Å². The summed E-state index contributed by atoms with van der Waals surface area (Å²) in [4.78, 5) is 38.5. The zero-order valence-corrected chi connectivity index (χ0v) is 16.8. The molecule has 1 N–H and O–H groups in total. The number of nitrogens with one attached hydrogen (secondary N) is 1. The highest BCUT2D eigenvalue weighted by atomic mass is 16.5. The van der Waals surface area contributed by atoms with Crippen molar-refractivity contribution in [1.82, 2.24) is 5.32 Å². The van der Waals surface area contributed by atoms with Gasteiger partial charge in [0.05, 0.1) is 5.92 Å². The molecule has 0 saturated carbocycles. The minimum absolute atomic E-state index is 0.0989. The van der Waals surface area contributed by atoms with Crippen LogP contribution >= 0.6 is 0 Å². The number of carbonyl (C=O) groups excluding carboxylic acids is 3. The van der Waals surface area contributed by atoms with E-state index in [4.69, 9.17) is 4.74 Å². The summed E-state index contributed by atoms with van der Waals surface area (Å²) in [5.74, 6) is -1.53. The van der Waals surface area contributed by atoms with Crippen molar-refractivity contribution in [1.29, 1.82) is 0 Å². The predicted molar refractivity (Wildman–Crippen MR) is 110 cm³/mol. The van der Waals surface area contributed by atoms with Crippen molar-refractivity contribution >= 4 is 23.5 Å². The van der Waals surface area contributed by atoms with Gasteiger partial charge in [0.1, 0.15) is 0 Å². The number of carbonyl (C=O) groups is 3. The van der Waals surface area contributed by atoms with Crippen molar-refractivity contribution in [2.75, 3.05) is 18.1 Å². The van der Waals surface area contributed by atoms with E-state index in [1.165, 1.54) is 0 Å². The van der Waals surface area contributed by atoms with Crippen molar-refractivity contribution in [2.45, 2.75) is 33.2 Å². The molecular formula is C23H26N2O4. The fourth-order valence-electron chi connectivity index (χ4n) is 3.48. The number of aryl methyl sites for hydroxylation is 2. The Balaban J connectivity index is 1.50. The van der Waals surface area contributed by atoms with E-state index < -0.39 is 11.9 Å². The van der Waals surface area contributed by atoms with Gasteiger partial charge >= 0.3 is 5.97 Å². The quantitative estimate of drug-likeness (QED) is 0.733. The summed E-state index contributed by atoms with van der Waals surface area (Å²) in [6.45, 7) is 4.31. The Hall–Kier alpha value is -3.15. The topological polar surface area (TPSA) is 75.7 Å². The second-order valence-electron chi connectivity index (χ2n) is 7.20. The van der Waals surface area contributed by atoms with Crippen molar-refractivity contribution in [2.24, 2.45) is 5.92 Å². The van der Waals surface area contributed by atoms with E-state index in [0.717, 1.165) is 28.8 Å². The maximum Gasteiger partial charge on any atom is 0.311 e. The Labute approximate surface area is 170 Å². The molecule has 0 bridgehead atoms. The van der Waals surface area contributed by atoms with Gasteiger partial charge in [-0.3, -0.25) is 14.4 Å². The summed E-state index contributed by atoms with van der Waals surface area (Å²) >= 11 is 0. The van der Waals surface area contributed by atoms with E-state index in [-0.39, 0.29) is 31.4 Å². The standard InChI is InChI=1S/C23H26N2O4/c1-3-17-9-6-7-11-20(17)25-14-19(12-22(25)27)23(28)29-15-21(26)24-13-18-10-5-4-8-16(18)2/h4-11,19H,3,12-15H2,1-2H3,(H,24,26)/t19-/m1/s1. The van der Waals surface area contributed by atoms with Crippen LogP contribution in [0, 0.1) is 12.8 Å². The van der Waals surface area contributed by atoms with E-state index in [1.54, 1.807) is 4.90 Å². The summed E-state index contributed by atoms with van der Waals surface area (Å²) in [6, 6.07) is 15.4. The first-order chi connectivity index (χ1) is 14.0. The van der Waals surface area contributed by atoms with E-state index in [0.29, 0.717) is 6.54 Å². The molecule has 2 aromatic rings. The molecule has 29 heavy (non-hydrogen) atoms. The fraction of sp³-hybridized carbons (Fsp3) is 0.348. The van der Waals surface area contributed by atoms with Crippen LogP contribution in [0.5, 0.6) is 0 Å². The molecule has 1 saturated heterocycles. The Bertz CT molecular complexity index is 909. The highest BCUT2D eigenvalue weighted by molar-refractivity contribution is 6.00. The van der Waals surface area contributed by atoms with Gasteiger partial charge < -0.3 is 15.0 Å².